The number of nitro groups is 1. The Morgan fingerprint density at radius 1 is 1.22 bits per heavy atom. The Balaban J connectivity index is 1.73. The van der Waals surface area contributed by atoms with Crippen LogP contribution in [0.15, 0.2) is 18.2 Å². The highest BCUT2D eigenvalue weighted by atomic mass is 16.6. The van der Waals surface area contributed by atoms with Crippen LogP contribution in [0, 0.1) is 15.5 Å². The molecule has 0 atom stereocenters. The van der Waals surface area contributed by atoms with Gasteiger partial charge in [0.1, 0.15) is 12.2 Å². The van der Waals surface area contributed by atoms with Gasteiger partial charge in [0, 0.05) is 24.7 Å². The number of nitro benzene ring substituents is 1. The molecule has 8 nitrogen and oxygen atoms in total. The zero-order valence-corrected chi connectivity index (χ0v) is 15.5. The fourth-order valence-corrected chi connectivity index (χ4v) is 4.25. The summed E-state index contributed by atoms with van der Waals surface area (Å²) in [6.45, 7) is 1.32. The quantitative estimate of drug-likeness (QED) is 0.482. The molecule has 3 rings (SSSR count). The number of anilines is 1. The van der Waals surface area contributed by atoms with Gasteiger partial charge >= 0.3 is 5.97 Å². The van der Waals surface area contributed by atoms with E-state index in [1.807, 2.05) is 0 Å². The number of piperidine rings is 1. The lowest BCUT2D eigenvalue weighted by Crippen LogP contribution is -2.39. The molecule has 1 saturated carbocycles. The van der Waals surface area contributed by atoms with E-state index in [1.165, 1.54) is 38.9 Å². The van der Waals surface area contributed by atoms with Crippen LogP contribution < -0.4 is 10.2 Å². The summed E-state index contributed by atoms with van der Waals surface area (Å²) in [6.07, 6.45) is 7.23. The average Bonchev–Trinajstić information content (AvgIpc) is 3.14. The number of nitrogens with zero attached hydrogens (tertiary/aromatic N) is 2. The normalized spacial score (nSPS) is 18.3. The molecule has 1 N–H and O–H groups in total. The van der Waals surface area contributed by atoms with Crippen LogP contribution in [0.25, 0.3) is 0 Å². The third-order valence-electron chi connectivity index (χ3n) is 5.88. The van der Waals surface area contributed by atoms with Crippen LogP contribution >= 0.6 is 0 Å². The molecule has 8 heteroatoms. The predicted molar refractivity (Wildman–Crippen MR) is 99.8 cm³/mol. The molecule has 1 spiro atoms. The summed E-state index contributed by atoms with van der Waals surface area (Å²) in [7, 11) is 1.22. The van der Waals surface area contributed by atoms with Crippen molar-refractivity contribution in [3.63, 3.8) is 0 Å². The maximum absolute atomic E-state index is 12.1. The van der Waals surface area contributed by atoms with Gasteiger partial charge in [-0.2, -0.15) is 0 Å². The summed E-state index contributed by atoms with van der Waals surface area (Å²) in [5.74, 6) is -1.12. The molecule has 0 bridgehead atoms. The summed E-state index contributed by atoms with van der Waals surface area (Å²) < 4.78 is 4.47. The Morgan fingerprint density at radius 3 is 2.48 bits per heavy atom. The van der Waals surface area contributed by atoms with Gasteiger partial charge in [0.25, 0.3) is 11.6 Å². The topological polar surface area (TPSA) is 102 Å². The predicted octanol–water partition coefficient (Wildman–Crippen LogP) is 2.66. The van der Waals surface area contributed by atoms with Gasteiger partial charge < -0.3 is 15.0 Å². The van der Waals surface area contributed by atoms with Gasteiger partial charge in [-0.3, -0.25) is 19.7 Å². The molecular formula is C19H25N3O5. The number of esters is 1. The first kappa shape index (κ1) is 19.1. The van der Waals surface area contributed by atoms with Crippen molar-refractivity contribution >= 4 is 23.3 Å². The second kappa shape index (κ2) is 7.94. The van der Waals surface area contributed by atoms with Gasteiger partial charge in [-0.05, 0) is 43.2 Å². The fraction of sp³-hybridized carbons (Fsp3) is 0.579. The molecule has 0 unspecified atom stereocenters. The Kier molecular flexibility index (Phi) is 5.62. The van der Waals surface area contributed by atoms with Crippen molar-refractivity contribution in [1.29, 1.82) is 0 Å². The number of amides is 1. The standard InChI is InChI=1S/C19H25N3O5/c1-27-17(23)13-20-18(24)14-4-5-15(16(12-14)22(25)26)21-10-8-19(9-11-21)6-2-3-7-19/h4-5,12H,2-3,6-11,13H2,1H3,(H,20,24). The second-order valence-electron chi connectivity index (χ2n) is 7.41. The van der Waals surface area contributed by atoms with Crippen LogP contribution in [0.5, 0.6) is 0 Å². The lowest BCUT2D eigenvalue weighted by Gasteiger charge is -2.40. The maximum atomic E-state index is 12.1. The Bertz CT molecular complexity index is 733. The number of rotatable bonds is 5. The van der Waals surface area contributed by atoms with Crippen molar-refractivity contribution < 1.29 is 19.2 Å². The van der Waals surface area contributed by atoms with E-state index >= 15 is 0 Å². The molecule has 0 radical (unpaired) electrons. The van der Waals surface area contributed by atoms with Crippen LogP contribution in [-0.2, 0) is 9.53 Å². The van der Waals surface area contributed by atoms with Crippen LogP contribution in [-0.4, -0.2) is 43.5 Å². The number of carbonyl (C=O) groups excluding carboxylic acids is 2. The monoisotopic (exact) mass is 375 g/mol. The van der Waals surface area contributed by atoms with Crippen LogP contribution in [0.3, 0.4) is 0 Å². The van der Waals surface area contributed by atoms with Gasteiger partial charge in [-0.15, -0.1) is 0 Å². The molecule has 1 aliphatic heterocycles. The lowest BCUT2D eigenvalue weighted by molar-refractivity contribution is -0.384. The lowest BCUT2D eigenvalue weighted by atomic mass is 9.77. The van der Waals surface area contributed by atoms with E-state index in [9.17, 15) is 19.7 Å². The molecule has 1 aliphatic carbocycles. The van der Waals surface area contributed by atoms with Crippen molar-refractivity contribution in [3.05, 3.63) is 33.9 Å². The van der Waals surface area contributed by atoms with E-state index in [0.29, 0.717) is 11.1 Å². The number of nitrogens with one attached hydrogen (secondary N) is 1. The fourth-order valence-electron chi connectivity index (χ4n) is 4.25. The molecule has 1 heterocycles. The zero-order chi connectivity index (χ0) is 19.4. The third-order valence-corrected chi connectivity index (χ3v) is 5.88. The number of carbonyl (C=O) groups is 2. The van der Waals surface area contributed by atoms with Crippen LogP contribution in [0.1, 0.15) is 48.9 Å². The van der Waals surface area contributed by atoms with Gasteiger partial charge in [0.15, 0.2) is 0 Å². The van der Waals surface area contributed by atoms with E-state index < -0.39 is 16.8 Å². The molecular weight excluding hydrogens is 350 g/mol. The largest absolute Gasteiger partial charge is 0.468 e. The molecule has 1 aromatic carbocycles. The van der Waals surface area contributed by atoms with Gasteiger partial charge in [-0.25, -0.2) is 0 Å². The van der Waals surface area contributed by atoms with Gasteiger partial charge in [-0.1, -0.05) is 12.8 Å². The summed E-state index contributed by atoms with van der Waals surface area (Å²) in [4.78, 5) is 36.5. The minimum absolute atomic E-state index is 0.0805. The SMILES string of the molecule is COC(=O)CNC(=O)c1ccc(N2CCC3(CCCC3)CC2)c([N+](=O)[O-])c1. The van der Waals surface area contributed by atoms with E-state index in [4.69, 9.17) is 0 Å². The number of hydrogen-bond donors (Lipinski definition) is 1. The zero-order valence-electron chi connectivity index (χ0n) is 15.5. The number of methoxy groups -OCH3 is 1. The Hall–Kier alpha value is -2.64. The number of benzene rings is 1. The first-order valence-electron chi connectivity index (χ1n) is 9.32. The van der Waals surface area contributed by atoms with Crippen LogP contribution in [0.2, 0.25) is 0 Å². The van der Waals surface area contributed by atoms with E-state index in [-0.39, 0.29) is 17.8 Å². The summed E-state index contributed by atoms with van der Waals surface area (Å²) >= 11 is 0. The molecule has 2 aliphatic rings. The molecule has 27 heavy (non-hydrogen) atoms. The minimum atomic E-state index is -0.580. The number of ether oxygens (including phenoxy) is 1. The molecule has 1 saturated heterocycles. The second-order valence-corrected chi connectivity index (χ2v) is 7.41. The van der Waals surface area contributed by atoms with E-state index in [1.54, 1.807) is 12.1 Å². The molecule has 1 aromatic rings. The third kappa shape index (κ3) is 4.20. The summed E-state index contributed by atoms with van der Waals surface area (Å²) in [5.41, 5.74) is 1.05. The van der Waals surface area contributed by atoms with Crippen molar-refractivity contribution in [2.24, 2.45) is 5.41 Å². The van der Waals surface area contributed by atoms with Crippen molar-refractivity contribution in [2.45, 2.75) is 38.5 Å². The van der Waals surface area contributed by atoms with Gasteiger partial charge in [0.05, 0.1) is 12.0 Å². The molecule has 1 amide bonds. The summed E-state index contributed by atoms with van der Waals surface area (Å²) in [5, 5.41) is 14.0. The highest BCUT2D eigenvalue weighted by Crippen LogP contribution is 2.47. The smallest absolute Gasteiger partial charge is 0.325 e. The molecule has 2 fully saturated rings. The minimum Gasteiger partial charge on any atom is -0.468 e. The number of hydrogen-bond acceptors (Lipinski definition) is 6. The van der Waals surface area contributed by atoms with Crippen molar-refractivity contribution in [3.8, 4) is 0 Å². The van der Waals surface area contributed by atoms with Crippen molar-refractivity contribution in [2.75, 3.05) is 31.6 Å². The first-order chi connectivity index (χ1) is 12.9. The molecule has 0 aromatic heterocycles. The van der Waals surface area contributed by atoms with Crippen molar-refractivity contribution in [1.82, 2.24) is 5.32 Å². The summed E-state index contributed by atoms with van der Waals surface area (Å²) in [6, 6.07) is 4.48. The van der Waals surface area contributed by atoms with Gasteiger partial charge in [0.2, 0.25) is 0 Å². The highest BCUT2D eigenvalue weighted by Gasteiger charge is 2.38. The van der Waals surface area contributed by atoms with Crippen LogP contribution in [0.4, 0.5) is 11.4 Å². The highest BCUT2D eigenvalue weighted by molar-refractivity contribution is 5.97. The van der Waals surface area contributed by atoms with E-state index in [2.05, 4.69) is 15.0 Å². The Morgan fingerprint density at radius 2 is 1.89 bits per heavy atom. The molecule has 146 valence electrons. The maximum Gasteiger partial charge on any atom is 0.325 e. The first-order valence-corrected chi connectivity index (χ1v) is 9.32. The Labute approximate surface area is 158 Å². The average molecular weight is 375 g/mol. The van der Waals surface area contributed by atoms with E-state index in [0.717, 1.165) is 25.9 Å².